The summed E-state index contributed by atoms with van der Waals surface area (Å²) in [6, 6.07) is 5.95. The fraction of sp³-hybridized carbons (Fsp3) is 0.550. The van der Waals surface area contributed by atoms with Crippen LogP contribution in [0.15, 0.2) is 27.8 Å². The Morgan fingerprint density at radius 1 is 1.11 bits per heavy atom. The number of rotatable bonds is 4. The van der Waals surface area contributed by atoms with Gasteiger partial charge in [-0.15, -0.1) is 10.2 Å². The molecule has 3 heterocycles. The Morgan fingerprint density at radius 3 is 2.93 bits per heavy atom. The number of amides is 1. The number of nitrogens with zero attached hydrogens (tertiary/aromatic N) is 3. The standard InChI is InChI=1S/C20H23N3O4S/c24-18(23-9-3-5-13-4-1-2-6-15(13)23)11-28-20-22-21-19(27-20)14-7-8-16-17(10-14)26-12-25-16/h7-8,10,13,15H,1-6,9,11-12H2. The molecule has 28 heavy (non-hydrogen) atoms. The van der Waals surface area contributed by atoms with Gasteiger partial charge in [-0.2, -0.15) is 0 Å². The average molecular weight is 401 g/mol. The number of carbonyl (C=O) groups excluding carboxylic acids is 1. The number of aromatic nitrogens is 2. The van der Waals surface area contributed by atoms with E-state index in [2.05, 4.69) is 15.1 Å². The third-order valence-electron chi connectivity index (χ3n) is 5.91. The van der Waals surface area contributed by atoms with Gasteiger partial charge in [-0.1, -0.05) is 24.6 Å². The van der Waals surface area contributed by atoms with Gasteiger partial charge in [0.1, 0.15) is 0 Å². The van der Waals surface area contributed by atoms with E-state index in [0.717, 1.165) is 24.9 Å². The van der Waals surface area contributed by atoms with Crippen LogP contribution in [0.2, 0.25) is 0 Å². The quantitative estimate of drug-likeness (QED) is 0.722. The lowest BCUT2D eigenvalue weighted by atomic mass is 9.78. The molecule has 0 radical (unpaired) electrons. The van der Waals surface area contributed by atoms with Crippen molar-refractivity contribution in [2.75, 3.05) is 19.1 Å². The summed E-state index contributed by atoms with van der Waals surface area (Å²) in [5, 5.41) is 8.61. The van der Waals surface area contributed by atoms with E-state index in [4.69, 9.17) is 13.9 Å². The topological polar surface area (TPSA) is 77.7 Å². The van der Waals surface area contributed by atoms with E-state index in [0.29, 0.717) is 40.3 Å². The van der Waals surface area contributed by atoms with Crippen molar-refractivity contribution < 1.29 is 18.7 Å². The molecule has 2 aromatic rings. The normalized spacial score (nSPS) is 23.5. The summed E-state index contributed by atoms with van der Waals surface area (Å²) in [7, 11) is 0. The smallest absolute Gasteiger partial charge is 0.277 e. The molecule has 2 unspecified atom stereocenters. The zero-order chi connectivity index (χ0) is 18.9. The number of piperidine rings is 1. The second-order valence-electron chi connectivity index (χ2n) is 7.57. The minimum absolute atomic E-state index is 0.185. The van der Waals surface area contributed by atoms with Crippen LogP contribution < -0.4 is 9.47 Å². The monoisotopic (exact) mass is 401 g/mol. The number of benzene rings is 1. The summed E-state index contributed by atoms with van der Waals surface area (Å²) in [4.78, 5) is 14.9. The predicted octanol–water partition coefficient (Wildman–Crippen LogP) is 3.74. The highest BCUT2D eigenvalue weighted by Crippen LogP contribution is 2.37. The van der Waals surface area contributed by atoms with E-state index in [1.54, 1.807) is 0 Å². The van der Waals surface area contributed by atoms with Crippen molar-refractivity contribution in [3.8, 4) is 23.0 Å². The largest absolute Gasteiger partial charge is 0.454 e. The fourth-order valence-electron chi connectivity index (χ4n) is 4.56. The van der Waals surface area contributed by atoms with Crippen LogP contribution in [0.4, 0.5) is 0 Å². The van der Waals surface area contributed by atoms with Crippen molar-refractivity contribution in [2.45, 2.75) is 49.8 Å². The highest BCUT2D eigenvalue weighted by molar-refractivity contribution is 7.99. The Hall–Kier alpha value is -2.22. The summed E-state index contributed by atoms with van der Waals surface area (Å²) in [5.41, 5.74) is 0.774. The highest BCUT2D eigenvalue weighted by atomic mass is 32.2. The molecule has 1 aromatic carbocycles. The van der Waals surface area contributed by atoms with Crippen LogP contribution in [0.3, 0.4) is 0 Å². The first-order chi connectivity index (χ1) is 13.8. The lowest BCUT2D eigenvalue weighted by molar-refractivity contribution is -0.134. The van der Waals surface area contributed by atoms with Crippen LogP contribution >= 0.6 is 11.8 Å². The van der Waals surface area contributed by atoms with Crippen LogP contribution in [0.5, 0.6) is 11.5 Å². The van der Waals surface area contributed by atoms with Crippen LogP contribution in [0, 0.1) is 5.92 Å². The number of carbonyl (C=O) groups is 1. The lowest BCUT2D eigenvalue weighted by Crippen LogP contribution is -2.50. The van der Waals surface area contributed by atoms with E-state index in [1.807, 2.05) is 18.2 Å². The van der Waals surface area contributed by atoms with Crippen LogP contribution in [0.1, 0.15) is 38.5 Å². The molecule has 7 nitrogen and oxygen atoms in total. The molecule has 148 valence electrons. The highest BCUT2D eigenvalue weighted by Gasteiger charge is 2.35. The summed E-state index contributed by atoms with van der Waals surface area (Å²) in [5.74, 6) is 3.02. The van der Waals surface area contributed by atoms with Gasteiger partial charge in [0, 0.05) is 18.2 Å². The molecular formula is C20H23N3O4S. The minimum atomic E-state index is 0.185. The first kappa shape index (κ1) is 17.8. The van der Waals surface area contributed by atoms with E-state index in [1.165, 1.54) is 37.4 Å². The maximum Gasteiger partial charge on any atom is 0.277 e. The summed E-state index contributed by atoms with van der Waals surface area (Å²) in [6.45, 7) is 1.11. The molecule has 8 heteroatoms. The van der Waals surface area contributed by atoms with Gasteiger partial charge < -0.3 is 18.8 Å². The van der Waals surface area contributed by atoms with Crippen molar-refractivity contribution in [1.82, 2.24) is 15.1 Å². The van der Waals surface area contributed by atoms with Crippen molar-refractivity contribution >= 4 is 17.7 Å². The van der Waals surface area contributed by atoms with Gasteiger partial charge in [0.25, 0.3) is 5.22 Å². The molecule has 1 aliphatic carbocycles. The number of ether oxygens (including phenoxy) is 2. The van der Waals surface area contributed by atoms with Crippen molar-refractivity contribution in [2.24, 2.45) is 5.92 Å². The molecule has 1 saturated carbocycles. The van der Waals surface area contributed by atoms with Gasteiger partial charge in [-0.05, 0) is 49.8 Å². The number of thioether (sulfide) groups is 1. The summed E-state index contributed by atoms with van der Waals surface area (Å²) in [6.07, 6.45) is 7.35. The molecule has 3 aliphatic rings. The Balaban J connectivity index is 1.22. The van der Waals surface area contributed by atoms with Gasteiger partial charge in [0.2, 0.25) is 18.6 Å². The first-order valence-electron chi connectivity index (χ1n) is 9.94. The fourth-order valence-corrected chi connectivity index (χ4v) is 5.20. The Labute approximate surface area is 167 Å². The van der Waals surface area contributed by atoms with E-state index >= 15 is 0 Å². The third-order valence-corrected chi connectivity index (χ3v) is 6.71. The molecule has 1 aromatic heterocycles. The van der Waals surface area contributed by atoms with Gasteiger partial charge in [0.15, 0.2) is 11.5 Å². The minimum Gasteiger partial charge on any atom is -0.454 e. The van der Waals surface area contributed by atoms with Gasteiger partial charge in [-0.3, -0.25) is 4.79 Å². The Bertz CT molecular complexity index is 869. The zero-order valence-corrected chi connectivity index (χ0v) is 16.5. The predicted molar refractivity (Wildman–Crippen MR) is 103 cm³/mol. The molecule has 0 spiro atoms. The van der Waals surface area contributed by atoms with E-state index in [9.17, 15) is 4.79 Å². The van der Waals surface area contributed by atoms with E-state index in [-0.39, 0.29) is 12.7 Å². The number of hydrogen-bond donors (Lipinski definition) is 0. The second kappa shape index (κ2) is 7.66. The molecule has 2 fully saturated rings. The number of hydrogen-bond acceptors (Lipinski definition) is 7. The van der Waals surface area contributed by atoms with Gasteiger partial charge in [-0.25, -0.2) is 0 Å². The Morgan fingerprint density at radius 2 is 1.96 bits per heavy atom. The lowest BCUT2D eigenvalue weighted by Gasteiger charge is -2.44. The number of fused-ring (bicyclic) bond motifs is 2. The van der Waals surface area contributed by atoms with Gasteiger partial charge in [0.05, 0.1) is 5.75 Å². The molecule has 1 amide bonds. The van der Waals surface area contributed by atoms with Gasteiger partial charge >= 0.3 is 0 Å². The average Bonchev–Trinajstić information content (AvgIpc) is 3.40. The summed E-state index contributed by atoms with van der Waals surface area (Å²) < 4.78 is 16.5. The van der Waals surface area contributed by atoms with E-state index < -0.39 is 0 Å². The maximum absolute atomic E-state index is 12.8. The maximum atomic E-state index is 12.8. The van der Waals surface area contributed by atoms with Crippen LogP contribution in [0.25, 0.3) is 11.5 Å². The van der Waals surface area contributed by atoms with Crippen molar-refractivity contribution in [3.63, 3.8) is 0 Å². The SMILES string of the molecule is O=C(CSc1nnc(-c2ccc3c(c2)OCO3)o1)N1CCCC2CCCCC21. The van der Waals surface area contributed by atoms with Crippen LogP contribution in [-0.2, 0) is 4.79 Å². The van der Waals surface area contributed by atoms with Crippen LogP contribution in [-0.4, -0.2) is 46.1 Å². The molecule has 1 saturated heterocycles. The first-order valence-corrected chi connectivity index (χ1v) is 10.9. The zero-order valence-electron chi connectivity index (χ0n) is 15.6. The molecule has 5 rings (SSSR count). The molecule has 2 atom stereocenters. The molecular weight excluding hydrogens is 378 g/mol. The number of likely N-dealkylation sites (tertiary alicyclic amines) is 1. The second-order valence-corrected chi connectivity index (χ2v) is 8.50. The Kier molecular flexibility index (Phi) is 4.88. The van der Waals surface area contributed by atoms with Crippen molar-refractivity contribution in [3.05, 3.63) is 18.2 Å². The van der Waals surface area contributed by atoms with Crippen molar-refractivity contribution in [1.29, 1.82) is 0 Å². The summed E-state index contributed by atoms with van der Waals surface area (Å²) >= 11 is 1.32. The third kappa shape index (κ3) is 3.45. The molecule has 0 N–H and O–H groups in total. The molecule has 2 aliphatic heterocycles. The molecule has 0 bridgehead atoms.